The summed E-state index contributed by atoms with van der Waals surface area (Å²) in [6.07, 6.45) is 8.92. The highest BCUT2D eigenvalue weighted by Crippen LogP contribution is 2.36. The van der Waals surface area contributed by atoms with Crippen LogP contribution in [0.2, 0.25) is 0 Å². The lowest BCUT2D eigenvalue weighted by Gasteiger charge is -2.45. The summed E-state index contributed by atoms with van der Waals surface area (Å²) in [6, 6.07) is 0.953. The number of hydrogen-bond acceptors (Lipinski definition) is 2. The molecule has 1 aliphatic carbocycles. The minimum Gasteiger partial charge on any atom is -0.339 e. The van der Waals surface area contributed by atoms with Crippen molar-refractivity contribution >= 4 is 5.91 Å². The molecule has 2 heterocycles. The number of amides is 1. The molecule has 3 heteroatoms. The van der Waals surface area contributed by atoms with Crippen LogP contribution in [0.4, 0.5) is 0 Å². The van der Waals surface area contributed by atoms with Gasteiger partial charge in [-0.15, -0.1) is 0 Å². The monoisotopic (exact) mass is 250 g/mol. The van der Waals surface area contributed by atoms with E-state index in [0.29, 0.717) is 18.0 Å². The number of nitrogens with zero attached hydrogens (tertiary/aromatic N) is 1. The number of nitrogens with one attached hydrogen (secondary N) is 1. The predicted octanol–water partition coefficient (Wildman–Crippen LogP) is 2.17. The molecule has 2 aliphatic heterocycles. The summed E-state index contributed by atoms with van der Waals surface area (Å²) in [6.45, 7) is 4.20. The van der Waals surface area contributed by atoms with Crippen LogP contribution >= 0.6 is 0 Å². The van der Waals surface area contributed by atoms with Crippen LogP contribution in [-0.4, -0.2) is 36.0 Å². The summed E-state index contributed by atoms with van der Waals surface area (Å²) in [7, 11) is 0. The van der Waals surface area contributed by atoms with E-state index in [1.807, 2.05) is 0 Å². The largest absolute Gasteiger partial charge is 0.339 e. The first kappa shape index (κ1) is 12.5. The Kier molecular flexibility index (Phi) is 3.60. The molecule has 3 fully saturated rings. The van der Waals surface area contributed by atoms with Crippen molar-refractivity contribution in [3.8, 4) is 0 Å². The smallest absolute Gasteiger partial charge is 0.227 e. The van der Waals surface area contributed by atoms with E-state index in [0.717, 1.165) is 25.4 Å². The maximum atomic E-state index is 12.8. The second-order valence-corrected chi connectivity index (χ2v) is 6.42. The Balaban J connectivity index is 1.71. The van der Waals surface area contributed by atoms with E-state index in [9.17, 15) is 4.79 Å². The lowest BCUT2D eigenvalue weighted by Crippen LogP contribution is -2.52. The Labute approximate surface area is 110 Å². The quantitative estimate of drug-likeness (QED) is 0.773. The average molecular weight is 250 g/mol. The minimum absolute atomic E-state index is 0.241. The summed E-state index contributed by atoms with van der Waals surface area (Å²) >= 11 is 0. The van der Waals surface area contributed by atoms with Gasteiger partial charge in [0, 0.05) is 18.6 Å². The molecule has 4 atom stereocenters. The number of likely N-dealkylation sites (tertiary alicyclic amines) is 1. The zero-order valence-electron chi connectivity index (χ0n) is 11.5. The zero-order chi connectivity index (χ0) is 12.5. The number of fused-ring (bicyclic) bond motifs is 1. The van der Waals surface area contributed by atoms with Gasteiger partial charge in [0.05, 0.1) is 5.92 Å². The first-order valence-corrected chi connectivity index (χ1v) is 7.81. The number of carbonyl (C=O) groups is 1. The standard InChI is InChI=1S/C15H26N2O/c1-11-13(8-9-16-11)15(18)17-10-4-6-12-5-2-3-7-14(12)17/h11-14,16H,2-10H2,1H3/t11?,12-,13?,14-/m1/s1. The fraction of sp³-hybridized carbons (Fsp3) is 0.933. The van der Waals surface area contributed by atoms with Crippen molar-refractivity contribution in [1.29, 1.82) is 0 Å². The molecule has 0 radical (unpaired) electrons. The van der Waals surface area contributed by atoms with Crippen molar-refractivity contribution in [3.05, 3.63) is 0 Å². The first-order valence-electron chi connectivity index (χ1n) is 7.81. The fourth-order valence-corrected chi connectivity index (χ4v) is 4.31. The minimum atomic E-state index is 0.241. The second-order valence-electron chi connectivity index (χ2n) is 6.42. The molecule has 0 aromatic carbocycles. The van der Waals surface area contributed by atoms with Crippen LogP contribution in [0.5, 0.6) is 0 Å². The SMILES string of the molecule is CC1NCCC1C(=O)N1CCC[C@H]2CCCC[C@H]21. The van der Waals surface area contributed by atoms with Gasteiger partial charge >= 0.3 is 0 Å². The van der Waals surface area contributed by atoms with Crippen molar-refractivity contribution in [2.75, 3.05) is 13.1 Å². The maximum Gasteiger partial charge on any atom is 0.227 e. The zero-order valence-corrected chi connectivity index (χ0v) is 11.5. The van der Waals surface area contributed by atoms with Gasteiger partial charge < -0.3 is 10.2 Å². The van der Waals surface area contributed by atoms with E-state index >= 15 is 0 Å². The summed E-state index contributed by atoms with van der Waals surface area (Å²) in [5, 5.41) is 3.41. The third-order valence-electron chi connectivity index (χ3n) is 5.37. The van der Waals surface area contributed by atoms with E-state index in [1.54, 1.807) is 0 Å². The molecule has 0 bridgehead atoms. The molecule has 1 N–H and O–H groups in total. The number of piperidine rings is 1. The third kappa shape index (κ3) is 2.18. The third-order valence-corrected chi connectivity index (χ3v) is 5.37. The highest BCUT2D eigenvalue weighted by molar-refractivity contribution is 5.80. The second kappa shape index (κ2) is 5.20. The van der Waals surface area contributed by atoms with Crippen molar-refractivity contribution < 1.29 is 4.79 Å². The van der Waals surface area contributed by atoms with Gasteiger partial charge in [-0.25, -0.2) is 0 Å². The number of carbonyl (C=O) groups excluding carboxylic acids is 1. The predicted molar refractivity (Wildman–Crippen MR) is 72.3 cm³/mol. The van der Waals surface area contributed by atoms with Gasteiger partial charge in [-0.1, -0.05) is 12.8 Å². The number of rotatable bonds is 1. The molecule has 3 rings (SSSR count). The topological polar surface area (TPSA) is 32.3 Å². The normalized spacial score (nSPS) is 40.6. The van der Waals surface area contributed by atoms with Gasteiger partial charge in [0.25, 0.3) is 0 Å². The fourth-order valence-electron chi connectivity index (χ4n) is 4.31. The summed E-state index contributed by atoms with van der Waals surface area (Å²) in [5.41, 5.74) is 0. The molecule has 3 nitrogen and oxygen atoms in total. The first-order chi connectivity index (χ1) is 8.77. The van der Waals surface area contributed by atoms with Crippen LogP contribution in [0.1, 0.15) is 51.9 Å². The van der Waals surface area contributed by atoms with Crippen LogP contribution in [0.25, 0.3) is 0 Å². The molecule has 0 aromatic rings. The molecular weight excluding hydrogens is 224 g/mol. The van der Waals surface area contributed by atoms with E-state index in [1.165, 1.54) is 38.5 Å². The van der Waals surface area contributed by atoms with Crippen molar-refractivity contribution in [2.45, 2.75) is 64.0 Å². The van der Waals surface area contributed by atoms with Crippen LogP contribution in [0.15, 0.2) is 0 Å². The summed E-state index contributed by atoms with van der Waals surface area (Å²) < 4.78 is 0. The molecule has 1 amide bonds. The molecular formula is C15H26N2O. The molecule has 2 saturated heterocycles. The van der Waals surface area contributed by atoms with Crippen LogP contribution in [-0.2, 0) is 4.79 Å². The van der Waals surface area contributed by atoms with E-state index in [4.69, 9.17) is 0 Å². The average Bonchev–Trinajstić information content (AvgIpc) is 2.83. The Morgan fingerprint density at radius 1 is 1.11 bits per heavy atom. The Morgan fingerprint density at radius 2 is 1.89 bits per heavy atom. The summed E-state index contributed by atoms with van der Waals surface area (Å²) in [5.74, 6) is 1.50. The highest BCUT2D eigenvalue weighted by Gasteiger charge is 2.40. The molecule has 2 unspecified atom stereocenters. The highest BCUT2D eigenvalue weighted by atomic mass is 16.2. The van der Waals surface area contributed by atoms with E-state index < -0.39 is 0 Å². The van der Waals surface area contributed by atoms with Crippen LogP contribution in [0, 0.1) is 11.8 Å². The van der Waals surface area contributed by atoms with Gasteiger partial charge in [0.1, 0.15) is 0 Å². The van der Waals surface area contributed by atoms with Gasteiger partial charge in [0.2, 0.25) is 5.91 Å². The Bertz CT molecular complexity index is 316. The summed E-state index contributed by atoms with van der Waals surface area (Å²) in [4.78, 5) is 15.0. The molecule has 102 valence electrons. The van der Waals surface area contributed by atoms with Gasteiger partial charge in [-0.2, -0.15) is 0 Å². The van der Waals surface area contributed by atoms with Crippen LogP contribution in [0.3, 0.4) is 0 Å². The molecule has 0 aromatic heterocycles. The number of hydrogen-bond donors (Lipinski definition) is 1. The Morgan fingerprint density at radius 3 is 2.67 bits per heavy atom. The van der Waals surface area contributed by atoms with Crippen molar-refractivity contribution in [1.82, 2.24) is 10.2 Å². The van der Waals surface area contributed by atoms with Crippen molar-refractivity contribution in [2.24, 2.45) is 11.8 Å². The van der Waals surface area contributed by atoms with Crippen LogP contribution < -0.4 is 5.32 Å². The lowest BCUT2D eigenvalue weighted by atomic mass is 9.77. The van der Waals surface area contributed by atoms with Gasteiger partial charge in [-0.3, -0.25) is 4.79 Å². The Hall–Kier alpha value is -0.570. The lowest BCUT2D eigenvalue weighted by molar-refractivity contribution is -0.142. The van der Waals surface area contributed by atoms with Crippen molar-refractivity contribution in [3.63, 3.8) is 0 Å². The molecule has 3 aliphatic rings. The van der Waals surface area contributed by atoms with E-state index in [2.05, 4.69) is 17.1 Å². The maximum absolute atomic E-state index is 12.8. The van der Waals surface area contributed by atoms with Gasteiger partial charge in [0.15, 0.2) is 0 Å². The molecule has 18 heavy (non-hydrogen) atoms. The van der Waals surface area contributed by atoms with Gasteiger partial charge in [-0.05, 0) is 51.5 Å². The molecule has 0 spiro atoms. The molecule has 1 saturated carbocycles. The van der Waals surface area contributed by atoms with E-state index in [-0.39, 0.29) is 5.92 Å².